The lowest BCUT2D eigenvalue weighted by Crippen LogP contribution is -2.66. The number of primary sulfonamides is 1. The summed E-state index contributed by atoms with van der Waals surface area (Å²) in [6, 6.07) is 0. The minimum absolute atomic E-state index is 3.54. The van der Waals surface area contributed by atoms with Crippen molar-refractivity contribution in [2.75, 3.05) is 0 Å². The van der Waals surface area contributed by atoms with Crippen LogP contribution in [0, 0.1) is 0 Å². The Morgan fingerprint density at radius 1 is 0.895 bits per heavy atom. The molecule has 1 atom stereocenters. The molecule has 0 aromatic carbocycles. The molecule has 0 heterocycles. The van der Waals surface area contributed by atoms with Crippen molar-refractivity contribution in [3.05, 3.63) is 0 Å². The maximum absolute atomic E-state index is 12.6. The SMILES string of the molecule is NS(=O)(=O)C(F)(F)C(F)(F)C(F)(F)C(F)(F)S(=O)O. The molecule has 0 radical (unpaired) electrons. The molecule has 0 aromatic heterocycles. The van der Waals surface area contributed by atoms with Crippen LogP contribution in [0.3, 0.4) is 0 Å². The van der Waals surface area contributed by atoms with E-state index in [-0.39, 0.29) is 0 Å². The molecule has 0 aliphatic heterocycles. The van der Waals surface area contributed by atoms with Crippen LogP contribution >= 0.6 is 0 Å². The Kier molecular flexibility index (Phi) is 4.36. The van der Waals surface area contributed by atoms with Gasteiger partial charge in [0.1, 0.15) is 0 Å². The smallest absolute Gasteiger partial charge is 0.301 e. The Labute approximate surface area is 102 Å². The Hall–Kier alpha value is -0.540. The monoisotopic (exact) mass is 345 g/mol. The quantitative estimate of drug-likeness (QED) is 0.573. The highest BCUT2D eigenvalue weighted by atomic mass is 32.2. The van der Waals surface area contributed by atoms with E-state index in [2.05, 4.69) is 5.14 Å². The summed E-state index contributed by atoms with van der Waals surface area (Å²) in [4.78, 5) is 0. The lowest BCUT2D eigenvalue weighted by Gasteiger charge is -2.33. The fourth-order valence-electron chi connectivity index (χ4n) is 0.654. The highest BCUT2D eigenvalue weighted by Gasteiger charge is 2.85. The maximum atomic E-state index is 12.6. The number of halogens is 8. The third-order valence-corrected chi connectivity index (χ3v) is 3.37. The molecular formula is C4H3F8NO4S2. The Morgan fingerprint density at radius 3 is 1.42 bits per heavy atom. The van der Waals surface area contributed by atoms with Crippen molar-refractivity contribution in [2.45, 2.75) is 22.4 Å². The van der Waals surface area contributed by atoms with Crippen LogP contribution < -0.4 is 5.14 Å². The number of hydrogen-bond donors (Lipinski definition) is 2. The largest absolute Gasteiger partial charge is 0.426 e. The summed E-state index contributed by atoms with van der Waals surface area (Å²) in [5, 5.41) is -9.81. The summed E-state index contributed by atoms with van der Waals surface area (Å²) in [5.41, 5.74) is 0. The first kappa shape index (κ1) is 18.5. The minimum atomic E-state index is -7.24. The van der Waals surface area contributed by atoms with Gasteiger partial charge in [-0.05, 0) is 0 Å². The van der Waals surface area contributed by atoms with E-state index in [1.807, 2.05) is 0 Å². The van der Waals surface area contributed by atoms with Gasteiger partial charge in [-0.3, -0.25) is 0 Å². The van der Waals surface area contributed by atoms with Crippen LogP contribution in [-0.4, -0.2) is 39.5 Å². The molecule has 0 bridgehead atoms. The van der Waals surface area contributed by atoms with E-state index in [4.69, 9.17) is 4.55 Å². The number of rotatable bonds is 5. The first-order valence-corrected chi connectivity index (χ1v) is 6.24. The van der Waals surface area contributed by atoms with Crippen molar-refractivity contribution in [2.24, 2.45) is 5.14 Å². The summed E-state index contributed by atoms with van der Waals surface area (Å²) in [6.07, 6.45) is 0. The van der Waals surface area contributed by atoms with Crippen LogP contribution in [0.15, 0.2) is 0 Å². The van der Waals surface area contributed by atoms with Crippen LogP contribution in [0.25, 0.3) is 0 Å². The van der Waals surface area contributed by atoms with Gasteiger partial charge in [-0.25, -0.2) is 17.8 Å². The normalized spacial score (nSPS) is 17.4. The van der Waals surface area contributed by atoms with E-state index < -0.39 is 43.5 Å². The molecule has 3 N–H and O–H groups in total. The zero-order chi connectivity index (χ0) is 16.1. The minimum Gasteiger partial charge on any atom is -0.301 e. The first-order valence-electron chi connectivity index (χ1n) is 3.59. The van der Waals surface area contributed by atoms with Gasteiger partial charge in [-0.2, -0.15) is 35.1 Å². The average molecular weight is 345 g/mol. The number of sulfonamides is 1. The average Bonchev–Trinajstić information content (AvgIpc) is 2.14. The van der Waals surface area contributed by atoms with Crippen LogP contribution in [0.2, 0.25) is 0 Å². The Morgan fingerprint density at radius 2 is 1.21 bits per heavy atom. The second kappa shape index (κ2) is 4.49. The van der Waals surface area contributed by atoms with Crippen molar-refractivity contribution in [3.8, 4) is 0 Å². The molecule has 0 saturated heterocycles. The molecule has 0 amide bonds. The van der Waals surface area contributed by atoms with E-state index in [0.717, 1.165) is 0 Å². The summed E-state index contributed by atoms with van der Waals surface area (Å²) in [5.74, 6) is -14.4. The van der Waals surface area contributed by atoms with Crippen LogP contribution in [-0.2, 0) is 21.1 Å². The third kappa shape index (κ3) is 2.43. The summed E-state index contributed by atoms with van der Waals surface area (Å²) >= 11 is -4.99. The van der Waals surface area contributed by atoms with Gasteiger partial charge in [0.15, 0.2) is 0 Å². The van der Waals surface area contributed by atoms with E-state index in [0.29, 0.717) is 0 Å². The predicted octanol–water partition coefficient (Wildman–Crippen LogP) is 0.953. The molecule has 19 heavy (non-hydrogen) atoms. The second-order valence-electron chi connectivity index (χ2n) is 2.98. The van der Waals surface area contributed by atoms with Crippen molar-refractivity contribution in [1.82, 2.24) is 0 Å². The van der Waals surface area contributed by atoms with E-state index >= 15 is 0 Å². The summed E-state index contributed by atoms with van der Waals surface area (Å²) < 4.78 is 138. The van der Waals surface area contributed by atoms with Crippen molar-refractivity contribution < 1.29 is 52.3 Å². The molecule has 116 valence electrons. The zero-order valence-electron chi connectivity index (χ0n) is 8.09. The van der Waals surface area contributed by atoms with Crippen molar-refractivity contribution >= 4 is 21.1 Å². The lowest BCUT2D eigenvalue weighted by molar-refractivity contribution is -0.325. The Balaban J connectivity index is 6.14. The molecule has 0 aromatic rings. The van der Waals surface area contributed by atoms with Crippen molar-refractivity contribution in [1.29, 1.82) is 0 Å². The van der Waals surface area contributed by atoms with Gasteiger partial charge in [-0.1, -0.05) is 0 Å². The molecule has 0 aliphatic carbocycles. The molecule has 0 fully saturated rings. The van der Waals surface area contributed by atoms with Crippen LogP contribution in [0.1, 0.15) is 0 Å². The molecule has 1 unspecified atom stereocenters. The van der Waals surface area contributed by atoms with E-state index in [1.165, 1.54) is 0 Å². The molecule has 15 heteroatoms. The Bertz CT molecular complexity index is 487. The number of alkyl halides is 8. The van der Waals surface area contributed by atoms with Gasteiger partial charge in [-0.15, -0.1) is 0 Å². The fraction of sp³-hybridized carbons (Fsp3) is 1.00. The molecule has 0 spiro atoms. The first-order chi connectivity index (χ1) is 7.94. The van der Waals surface area contributed by atoms with Crippen molar-refractivity contribution in [3.63, 3.8) is 0 Å². The topological polar surface area (TPSA) is 97.5 Å². The molecule has 0 rings (SSSR count). The summed E-state index contributed by atoms with van der Waals surface area (Å²) in [7, 11) is -6.71. The molecular weight excluding hydrogens is 342 g/mol. The van der Waals surface area contributed by atoms with E-state index in [1.54, 1.807) is 0 Å². The highest BCUT2D eigenvalue weighted by molar-refractivity contribution is 7.90. The molecule has 0 aliphatic rings. The van der Waals surface area contributed by atoms with Gasteiger partial charge in [0, 0.05) is 0 Å². The van der Waals surface area contributed by atoms with E-state index in [9.17, 15) is 47.8 Å². The van der Waals surface area contributed by atoms with Gasteiger partial charge in [0.2, 0.25) is 11.1 Å². The lowest BCUT2D eigenvalue weighted by atomic mass is 10.2. The van der Waals surface area contributed by atoms with Gasteiger partial charge in [0.25, 0.3) is 10.0 Å². The number of nitrogens with two attached hydrogens (primary N) is 1. The van der Waals surface area contributed by atoms with Gasteiger partial charge < -0.3 is 4.55 Å². The molecule has 0 saturated carbocycles. The predicted molar refractivity (Wildman–Crippen MR) is 43.7 cm³/mol. The van der Waals surface area contributed by atoms with Crippen LogP contribution in [0.4, 0.5) is 35.1 Å². The van der Waals surface area contributed by atoms with Crippen LogP contribution in [0.5, 0.6) is 0 Å². The van der Waals surface area contributed by atoms with Gasteiger partial charge >= 0.3 is 22.4 Å². The highest BCUT2D eigenvalue weighted by Crippen LogP contribution is 2.54. The fourth-order valence-corrected chi connectivity index (χ4v) is 1.49. The number of hydrogen-bond acceptors (Lipinski definition) is 3. The third-order valence-electron chi connectivity index (χ3n) is 1.70. The zero-order valence-corrected chi connectivity index (χ0v) is 9.72. The molecule has 5 nitrogen and oxygen atoms in total. The second-order valence-corrected chi connectivity index (χ2v) is 5.59. The summed E-state index contributed by atoms with van der Waals surface area (Å²) in [6.45, 7) is 0. The van der Waals surface area contributed by atoms with Gasteiger partial charge in [0.05, 0.1) is 0 Å². The standard InChI is InChI=1S/C4H3F8NO4S2/c5-1(6,3(9,10)18(14)15)2(7,8)4(11,12)19(13,16)17/h(H,14,15)(H2,13,16,17). The maximum Gasteiger partial charge on any atom is 0.426 e.